The SMILES string of the molecule is CCOc1ccc(-c2nc3sc4c(c3c(-c3ccccc3)c2Cl)CCCC4)cc1.Cl. The smallest absolute Gasteiger partial charge is 0.125 e. The molecule has 0 N–H and O–H groups in total. The second-order valence-corrected chi connectivity index (χ2v) is 8.83. The first-order valence-electron chi connectivity index (χ1n) is 10.2. The van der Waals surface area contributed by atoms with Crippen LogP contribution in [0.1, 0.15) is 30.2 Å². The topological polar surface area (TPSA) is 22.1 Å². The molecule has 0 atom stereocenters. The van der Waals surface area contributed by atoms with Gasteiger partial charge in [-0.2, -0.15) is 0 Å². The number of ether oxygens (including phenoxy) is 1. The monoisotopic (exact) mass is 455 g/mol. The maximum Gasteiger partial charge on any atom is 0.125 e. The van der Waals surface area contributed by atoms with E-state index >= 15 is 0 Å². The Balaban J connectivity index is 0.00000218. The van der Waals surface area contributed by atoms with Crippen molar-refractivity contribution in [2.45, 2.75) is 32.6 Å². The summed E-state index contributed by atoms with van der Waals surface area (Å²) in [5.74, 6) is 0.864. The standard InChI is InChI=1S/C25H22ClNOS.ClH/c1-2-28-18-14-12-17(13-15-18)24-23(26)21(16-8-4-3-5-9-16)22-19-10-6-7-11-20(19)29-25(22)27-24;/h3-5,8-9,12-15H,2,6-7,10-11H2,1H3;1H. The molecule has 0 bridgehead atoms. The molecular formula is C25H23Cl2NOS. The molecule has 0 saturated carbocycles. The van der Waals surface area contributed by atoms with Gasteiger partial charge >= 0.3 is 0 Å². The molecule has 2 nitrogen and oxygen atoms in total. The maximum atomic E-state index is 7.07. The van der Waals surface area contributed by atoms with Gasteiger partial charge in [0.1, 0.15) is 10.6 Å². The average Bonchev–Trinajstić information content (AvgIpc) is 3.13. The van der Waals surface area contributed by atoms with E-state index in [0.717, 1.165) is 50.8 Å². The minimum Gasteiger partial charge on any atom is -0.494 e. The summed E-state index contributed by atoms with van der Waals surface area (Å²) in [7, 11) is 0. The molecule has 2 heterocycles. The van der Waals surface area contributed by atoms with Crippen molar-refractivity contribution in [2.24, 2.45) is 0 Å². The summed E-state index contributed by atoms with van der Waals surface area (Å²) in [6.45, 7) is 2.65. The van der Waals surface area contributed by atoms with Crippen LogP contribution < -0.4 is 4.74 Å². The Bertz CT molecular complexity index is 1170. The Labute approximate surface area is 192 Å². The number of thiophene rings is 1. The zero-order valence-electron chi connectivity index (χ0n) is 16.8. The van der Waals surface area contributed by atoms with Gasteiger partial charge in [0.15, 0.2) is 0 Å². The lowest BCUT2D eigenvalue weighted by Gasteiger charge is -2.15. The van der Waals surface area contributed by atoms with Crippen LogP contribution in [0.4, 0.5) is 0 Å². The Kier molecular flexibility index (Phi) is 6.33. The Morgan fingerprint density at radius 1 is 0.967 bits per heavy atom. The highest BCUT2D eigenvalue weighted by molar-refractivity contribution is 7.19. The fourth-order valence-electron chi connectivity index (χ4n) is 4.21. The predicted molar refractivity (Wildman–Crippen MR) is 131 cm³/mol. The molecule has 1 aliphatic rings. The number of aromatic nitrogens is 1. The number of halogens is 2. The lowest BCUT2D eigenvalue weighted by molar-refractivity contribution is 0.340. The van der Waals surface area contributed by atoms with Crippen LogP contribution >= 0.6 is 35.3 Å². The van der Waals surface area contributed by atoms with Crippen molar-refractivity contribution in [3.8, 4) is 28.1 Å². The molecular weight excluding hydrogens is 433 g/mol. The molecule has 30 heavy (non-hydrogen) atoms. The molecule has 0 aliphatic heterocycles. The van der Waals surface area contributed by atoms with E-state index < -0.39 is 0 Å². The zero-order chi connectivity index (χ0) is 19.8. The van der Waals surface area contributed by atoms with Gasteiger partial charge in [-0.25, -0.2) is 4.98 Å². The lowest BCUT2D eigenvalue weighted by atomic mass is 9.92. The van der Waals surface area contributed by atoms with Gasteiger partial charge in [-0.3, -0.25) is 0 Å². The summed E-state index contributed by atoms with van der Waals surface area (Å²) in [4.78, 5) is 7.64. The van der Waals surface area contributed by atoms with Gasteiger partial charge in [0.05, 0.1) is 17.3 Å². The number of hydrogen-bond acceptors (Lipinski definition) is 3. The van der Waals surface area contributed by atoms with Gasteiger partial charge < -0.3 is 4.74 Å². The molecule has 4 aromatic rings. The highest BCUT2D eigenvalue weighted by Gasteiger charge is 2.24. The van der Waals surface area contributed by atoms with Gasteiger partial charge in [0, 0.05) is 21.4 Å². The molecule has 0 fully saturated rings. The van der Waals surface area contributed by atoms with Crippen LogP contribution in [0.5, 0.6) is 5.75 Å². The number of aryl methyl sites for hydroxylation is 2. The van der Waals surface area contributed by atoms with Crippen molar-refractivity contribution in [1.82, 2.24) is 4.98 Å². The number of benzene rings is 2. The number of hydrogen-bond donors (Lipinski definition) is 0. The van der Waals surface area contributed by atoms with E-state index in [1.165, 1.54) is 28.7 Å². The highest BCUT2D eigenvalue weighted by Crippen LogP contribution is 2.46. The summed E-state index contributed by atoms with van der Waals surface area (Å²) in [5.41, 5.74) is 5.61. The molecule has 5 heteroatoms. The van der Waals surface area contributed by atoms with E-state index in [9.17, 15) is 0 Å². The minimum absolute atomic E-state index is 0. The van der Waals surface area contributed by atoms with Gasteiger partial charge in [-0.05, 0) is 68.0 Å². The van der Waals surface area contributed by atoms with E-state index in [1.54, 1.807) is 0 Å². The molecule has 0 saturated heterocycles. The molecule has 2 aromatic heterocycles. The normalized spacial score (nSPS) is 13.0. The van der Waals surface area contributed by atoms with Crippen molar-refractivity contribution in [3.63, 3.8) is 0 Å². The van der Waals surface area contributed by atoms with Crippen LogP contribution in [0.3, 0.4) is 0 Å². The van der Waals surface area contributed by atoms with E-state index in [-0.39, 0.29) is 12.4 Å². The molecule has 0 radical (unpaired) electrons. The summed E-state index contributed by atoms with van der Waals surface area (Å²) in [6.07, 6.45) is 4.78. The first-order valence-corrected chi connectivity index (χ1v) is 11.4. The summed E-state index contributed by atoms with van der Waals surface area (Å²) in [6, 6.07) is 18.6. The first kappa shape index (κ1) is 21.2. The summed E-state index contributed by atoms with van der Waals surface area (Å²) < 4.78 is 5.59. The van der Waals surface area contributed by atoms with E-state index in [1.807, 2.05) is 48.6 Å². The second kappa shape index (κ2) is 8.97. The molecule has 0 unspecified atom stereocenters. The predicted octanol–water partition coefficient (Wildman–Crippen LogP) is 7.98. The maximum absolute atomic E-state index is 7.07. The Hall–Kier alpha value is -2.07. The molecule has 154 valence electrons. The Morgan fingerprint density at radius 2 is 1.70 bits per heavy atom. The first-order chi connectivity index (χ1) is 14.3. The van der Waals surface area contributed by atoms with Gasteiger partial charge in [-0.15, -0.1) is 23.7 Å². The third-order valence-corrected chi connectivity index (χ3v) is 7.10. The van der Waals surface area contributed by atoms with Gasteiger partial charge in [0.25, 0.3) is 0 Å². The molecule has 0 amide bonds. The minimum atomic E-state index is 0. The fourth-order valence-corrected chi connectivity index (χ4v) is 5.84. The fraction of sp³-hybridized carbons (Fsp3) is 0.240. The number of fused-ring (bicyclic) bond motifs is 3. The zero-order valence-corrected chi connectivity index (χ0v) is 19.2. The van der Waals surface area contributed by atoms with Gasteiger partial charge in [-0.1, -0.05) is 41.9 Å². The summed E-state index contributed by atoms with van der Waals surface area (Å²) >= 11 is 8.91. The van der Waals surface area contributed by atoms with Crippen LogP contribution in [0.25, 0.3) is 32.6 Å². The number of rotatable bonds is 4. The van der Waals surface area contributed by atoms with Crippen molar-refractivity contribution in [2.75, 3.05) is 6.61 Å². The quantitative estimate of drug-likeness (QED) is 0.311. The molecule has 1 aliphatic carbocycles. The van der Waals surface area contributed by atoms with Gasteiger partial charge in [0.2, 0.25) is 0 Å². The summed E-state index contributed by atoms with van der Waals surface area (Å²) in [5, 5.41) is 2.00. The van der Waals surface area contributed by atoms with E-state index in [0.29, 0.717) is 6.61 Å². The number of nitrogens with zero attached hydrogens (tertiary/aromatic N) is 1. The Morgan fingerprint density at radius 3 is 2.43 bits per heavy atom. The number of pyridine rings is 1. The van der Waals surface area contributed by atoms with Crippen LogP contribution in [-0.2, 0) is 12.8 Å². The van der Waals surface area contributed by atoms with E-state index in [4.69, 9.17) is 21.3 Å². The molecule has 0 spiro atoms. The molecule has 2 aromatic carbocycles. The highest BCUT2D eigenvalue weighted by atomic mass is 35.5. The van der Waals surface area contributed by atoms with Crippen LogP contribution in [0, 0.1) is 0 Å². The van der Waals surface area contributed by atoms with Crippen molar-refractivity contribution >= 4 is 45.6 Å². The van der Waals surface area contributed by atoms with Crippen molar-refractivity contribution in [1.29, 1.82) is 0 Å². The third kappa shape index (κ3) is 3.71. The third-order valence-electron chi connectivity index (χ3n) is 5.54. The van der Waals surface area contributed by atoms with E-state index in [2.05, 4.69) is 24.3 Å². The van der Waals surface area contributed by atoms with Crippen LogP contribution in [0.2, 0.25) is 5.02 Å². The van der Waals surface area contributed by atoms with Crippen molar-refractivity contribution in [3.05, 3.63) is 70.1 Å². The van der Waals surface area contributed by atoms with Crippen molar-refractivity contribution < 1.29 is 4.74 Å². The lowest BCUT2D eigenvalue weighted by Crippen LogP contribution is -1.99. The average molecular weight is 456 g/mol. The second-order valence-electron chi connectivity index (χ2n) is 7.36. The van der Waals surface area contributed by atoms with Crippen LogP contribution in [-0.4, -0.2) is 11.6 Å². The largest absolute Gasteiger partial charge is 0.494 e. The van der Waals surface area contributed by atoms with Crippen LogP contribution in [0.15, 0.2) is 54.6 Å². The molecule has 5 rings (SSSR count).